The summed E-state index contributed by atoms with van der Waals surface area (Å²) in [5.41, 5.74) is 9.60. The Balaban J connectivity index is 0.00000361. The van der Waals surface area contributed by atoms with E-state index in [1.165, 1.54) is 11.1 Å². The lowest BCUT2D eigenvalue weighted by molar-refractivity contribution is 0.332. The van der Waals surface area contributed by atoms with Crippen LogP contribution >= 0.6 is 24.0 Å². The Labute approximate surface area is 134 Å². The Morgan fingerprint density at radius 3 is 2.35 bits per heavy atom. The summed E-state index contributed by atoms with van der Waals surface area (Å²) in [6, 6.07) is 2.15. The maximum Gasteiger partial charge on any atom is 0.125 e. The van der Waals surface area contributed by atoms with Gasteiger partial charge in [-0.2, -0.15) is 0 Å². The van der Waals surface area contributed by atoms with Crippen molar-refractivity contribution in [1.29, 1.82) is 0 Å². The molecule has 2 nitrogen and oxygen atoms in total. The number of nitrogens with two attached hydrogens (primary N) is 1. The van der Waals surface area contributed by atoms with Gasteiger partial charge < -0.3 is 10.5 Å². The smallest absolute Gasteiger partial charge is 0.125 e. The second-order valence-corrected chi connectivity index (χ2v) is 5.76. The topological polar surface area (TPSA) is 35.2 Å². The summed E-state index contributed by atoms with van der Waals surface area (Å²) in [6.07, 6.45) is 1.77. The Morgan fingerprint density at radius 2 is 1.90 bits per heavy atom. The minimum atomic E-state index is 0. The molecule has 1 unspecified atom stereocenters. The number of aryl methyl sites for hydroxylation is 1. The molecule has 4 heteroatoms. The van der Waals surface area contributed by atoms with Crippen LogP contribution < -0.4 is 10.5 Å². The van der Waals surface area contributed by atoms with Gasteiger partial charge in [0.25, 0.3) is 0 Å². The van der Waals surface area contributed by atoms with Crippen molar-refractivity contribution in [3.05, 3.63) is 27.8 Å². The zero-order valence-corrected chi connectivity index (χ0v) is 14.7. The molecule has 0 aromatic heterocycles. The molecule has 116 valence electrons. The molecule has 0 bridgehead atoms. The van der Waals surface area contributed by atoms with E-state index >= 15 is 0 Å². The van der Waals surface area contributed by atoms with Crippen molar-refractivity contribution >= 4 is 24.0 Å². The van der Waals surface area contributed by atoms with Crippen LogP contribution in [0, 0.1) is 6.92 Å². The summed E-state index contributed by atoms with van der Waals surface area (Å²) in [6.45, 7) is 11.1. The Bertz CT molecular complexity index is 433. The van der Waals surface area contributed by atoms with E-state index in [1.54, 1.807) is 0 Å². The van der Waals surface area contributed by atoms with E-state index < -0.39 is 0 Å². The van der Waals surface area contributed by atoms with Crippen LogP contribution in [0.15, 0.2) is 6.07 Å². The first-order chi connectivity index (χ1) is 8.92. The number of hydrogen-bond acceptors (Lipinski definition) is 2. The van der Waals surface area contributed by atoms with Gasteiger partial charge in [-0.05, 0) is 49.8 Å². The molecule has 1 aromatic rings. The van der Waals surface area contributed by atoms with Crippen LogP contribution in [0.2, 0.25) is 5.02 Å². The molecular weight excluding hydrogens is 293 g/mol. The molecule has 0 heterocycles. The molecule has 20 heavy (non-hydrogen) atoms. The fourth-order valence-electron chi connectivity index (χ4n) is 2.42. The van der Waals surface area contributed by atoms with Gasteiger partial charge in [0.15, 0.2) is 0 Å². The normalized spacial score (nSPS) is 12.2. The van der Waals surface area contributed by atoms with E-state index in [1.807, 2.05) is 19.9 Å². The van der Waals surface area contributed by atoms with E-state index in [2.05, 4.69) is 20.8 Å². The minimum Gasteiger partial charge on any atom is -0.493 e. The lowest BCUT2D eigenvalue weighted by Crippen LogP contribution is -2.23. The van der Waals surface area contributed by atoms with Gasteiger partial charge in [0.05, 0.1) is 6.61 Å². The Hall–Kier alpha value is -0.440. The molecule has 0 aliphatic carbocycles. The summed E-state index contributed by atoms with van der Waals surface area (Å²) in [5, 5.41) is 0.828. The summed E-state index contributed by atoms with van der Waals surface area (Å²) < 4.78 is 5.84. The van der Waals surface area contributed by atoms with Crippen molar-refractivity contribution in [2.75, 3.05) is 6.61 Å². The molecule has 0 spiro atoms. The standard InChI is InChI=1S/C16H26ClNO.ClH/c1-6-12(18)9-13-15(10(3)4)14(17)8-11(5)16(13)19-7-2;/h8,10,12H,6-7,9,18H2,1-5H3;1H. The summed E-state index contributed by atoms with van der Waals surface area (Å²) >= 11 is 6.43. The van der Waals surface area contributed by atoms with Crippen molar-refractivity contribution in [3.63, 3.8) is 0 Å². The highest BCUT2D eigenvalue weighted by Gasteiger charge is 2.20. The number of hydrogen-bond donors (Lipinski definition) is 1. The first-order valence-corrected chi connectivity index (χ1v) is 7.50. The number of rotatable bonds is 6. The maximum atomic E-state index is 6.43. The SMILES string of the molecule is CCOc1c(C)cc(Cl)c(C(C)C)c1CC(N)CC.Cl. The van der Waals surface area contributed by atoms with Crippen molar-refractivity contribution < 1.29 is 4.74 Å². The van der Waals surface area contributed by atoms with E-state index in [4.69, 9.17) is 22.1 Å². The van der Waals surface area contributed by atoms with Gasteiger partial charge in [-0.25, -0.2) is 0 Å². The molecule has 0 aliphatic heterocycles. The lowest BCUT2D eigenvalue weighted by atomic mass is 9.90. The van der Waals surface area contributed by atoms with Crippen LogP contribution in [0.1, 0.15) is 56.7 Å². The maximum absolute atomic E-state index is 6.43. The van der Waals surface area contributed by atoms with E-state index in [0.29, 0.717) is 12.5 Å². The van der Waals surface area contributed by atoms with Crippen molar-refractivity contribution in [3.8, 4) is 5.75 Å². The van der Waals surface area contributed by atoms with Crippen molar-refractivity contribution in [1.82, 2.24) is 0 Å². The average molecular weight is 320 g/mol. The zero-order chi connectivity index (χ0) is 14.6. The summed E-state index contributed by atoms with van der Waals surface area (Å²) in [4.78, 5) is 0. The van der Waals surface area contributed by atoms with Crippen LogP contribution in [0.4, 0.5) is 0 Å². The van der Waals surface area contributed by atoms with Crippen molar-refractivity contribution in [2.24, 2.45) is 5.73 Å². The summed E-state index contributed by atoms with van der Waals surface area (Å²) in [5.74, 6) is 1.34. The van der Waals surface area contributed by atoms with E-state index in [-0.39, 0.29) is 18.4 Å². The van der Waals surface area contributed by atoms with Crippen LogP contribution in [0.5, 0.6) is 5.75 Å². The zero-order valence-electron chi connectivity index (χ0n) is 13.1. The van der Waals surface area contributed by atoms with Gasteiger partial charge in [-0.15, -0.1) is 12.4 Å². The van der Waals surface area contributed by atoms with Gasteiger partial charge in [0.1, 0.15) is 5.75 Å². The predicted octanol–water partition coefficient (Wildman–Crippen LogP) is 4.87. The molecule has 0 amide bonds. The van der Waals surface area contributed by atoms with Crippen LogP contribution in [0.25, 0.3) is 0 Å². The lowest BCUT2D eigenvalue weighted by Gasteiger charge is -2.23. The molecule has 1 rings (SSSR count). The highest BCUT2D eigenvalue weighted by molar-refractivity contribution is 6.31. The van der Waals surface area contributed by atoms with Crippen LogP contribution in [-0.4, -0.2) is 12.6 Å². The predicted molar refractivity (Wildman–Crippen MR) is 90.7 cm³/mol. The van der Waals surface area contributed by atoms with Gasteiger partial charge in [-0.3, -0.25) is 0 Å². The van der Waals surface area contributed by atoms with Crippen molar-refractivity contribution in [2.45, 2.75) is 59.4 Å². The monoisotopic (exact) mass is 319 g/mol. The van der Waals surface area contributed by atoms with Gasteiger partial charge in [0.2, 0.25) is 0 Å². The number of benzene rings is 1. The molecule has 0 radical (unpaired) electrons. The molecule has 0 aliphatic rings. The van der Waals surface area contributed by atoms with E-state index in [9.17, 15) is 0 Å². The van der Waals surface area contributed by atoms with Crippen LogP contribution in [0.3, 0.4) is 0 Å². The summed E-state index contributed by atoms with van der Waals surface area (Å²) in [7, 11) is 0. The average Bonchev–Trinajstić information content (AvgIpc) is 2.33. The molecular formula is C16H27Cl2NO. The third-order valence-corrected chi connectivity index (χ3v) is 3.73. The number of halogens is 2. The fourth-order valence-corrected chi connectivity index (χ4v) is 2.91. The highest BCUT2D eigenvalue weighted by atomic mass is 35.5. The molecule has 0 fully saturated rings. The molecule has 0 saturated carbocycles. The Morgan fingerprint density at radius 1 is 1.30 bits per heavy atom. The third kappa shape index (κ3) is 4.54. The quantitative estimate of drug-likeness (QED) is 0.811. The first kappa shape index (κ1) is 19.6. The minimum absolute atomic E-state index is 0. The van der Waals surface area contributed by atoms with Crippen LogP contribution in [-0.2, 0) is 6.42 Å². The largest absolute Gasteiger partial charge is 0.493 e. The highest BCUT2D eigenvalue weighted by Crippen LogP contribution is 2.37. The first-order valence-electron chi connectivity index (χ1n) is 7.12. The van der Waals surface area contributed by atoms with E-state index in [0.717, 1.165) is 29.2 Å². The molecule has 0 saturated heterocycles. The van der Waals surface area contributed by atoms with Gasteiger partial charge in [0, 0.05) is 16.6 Å². The molecule has 2 N–H and O–H groups in total. The molecule has 1 aromatic carbocycles. The fraction of sp³-hybridized carbons (Fsp3) is 0.625. The molecule has 1 atom stereocenters. The number of ether oxygens (including phenoxy) is 1. The van der Waals surface area contributed by atoms with Gasteiger partial charge >= 0.3 is 0 Å². The second-order valence-electron chi connectivity index (χ2n) is 5.36. The second kappa shape index (κ2) is 8.76. The van der Waals surface area contributed by atoms with Gasteiger partial charge in [-0.1, -0.05) is 32.4 Å². The third-order valence-electron chi connectivity index (χ3n) is 3.41. The Kier molecular flexibility index (Phi) is 8.57.